The van der Waals surface area contributed by atoms with Crippen molar-refractivity contribution in [2.75, 3.05) is 4.90 Å². The van der Waals surface area contributed by atoms with Crippen molar-refractivity contribution < 1.29 is 9.59 Å². The molecule has 6 heteroatoms. The third kappa shape index (κ3) is 3.23. The second kappa shape index (κ2) is 6.44. The predicted molar refractivity (Wildman–Crippen MR) is 96.3 cm³/mol. The van der Waals surface area contributed by atoms with Crippen LogP contribution in [0.4, 0.5) is 5.69 Å². The fraction of sp³-hybridized carbons (Fsp3) is 0.0588. The van der Waals surface area contributed by atoms with Crippen molar-refractivity contribution in [3.8, 4) is 0 Å². The highest BCUT2D eigenvalue weighted by Gasteiger charge is 2.33. The number of carbonyl (C=O) groups excluding carboxylic acids is 2. The van der Waals surface area contributed by atoms with Crippen LogP contribution in [0.3, 0.4) is 0 Å². The lowest BCUT2D eigenvalue weighted by atomic mass is 10.1. The standard InChI is InChI=1S/C17H12N2O2S2/c1-11(20)13-4-6-14(7-5-13)19-16(21)15(23-17(19)22)9-12-3-2-8-18-10-12/h2-10H,1H3. The Labute approximate surface area is 143 Å². The second-order valence-corrected chi connectivity index (χ2v) is 6.58. The van der Waals surface area contributed by atoms with E-state index in [0.717, 1.165) is 5.56 Å². The predicted octanol–water partition coefficient (Wildman–Crippen LogP) is 3.69. The third-order valence-electron chi connectivity index (χ3n) is 3.31. The molecule has 0 saturated carbocycles. The zero-order valence-electron chi connectivity index (χ0n) is 12.2. The van der Waals surface area contributed by atoms with Gasteiger partial charge in [0.1, 0.15) is 0 Å². The van der Waals surface area contributed by atoms with Gasteiger partial charge in [-0.3, -0.25) is 19.5 Å². The molecule has 0 spiro atoms. The number of hydrogen-bond acceptors (Lipinski definition) is 5. The van der Waals surface area contributed by atoms with E-state index >= 15 is 0 Å². The Morgan fingerprint density at radius 2 is 2.00 bits per heavy atom. The van der Waals surface area contributed by atoms with E-state index in [1.807, 2.05) is 12.1 Å². The molecule has 2 aromatic rings. The van der Waals surface area contributed by atoms with Gasteiger partial charge in [-0.2, -0.15) is 0 Å². The highest BCUT2D eigenvalue weighted by Crippen LogP contribution is 2.35. The van der Waals surface area contributed by atoms with Crippen molar-refractivity contribution in [3.05, 3.63) is 64.8 Å². The average Bonchev–Trinajstić information content (AvgIpc) is 2.82. The van der Waals surface area contributed by atoms with E-state index in [-0.39, 0.29) is 11.7 Å². The Hall–Kier alpha value is -2.31. The molecule has 23 heavy (non-hydrogen) atoms. The number of amides is 1. The van der Waals surface area contributed by atoms with E-state index in [4.69, 9.17) is 12.2 Å². The number of benzene rings is 1. The molecule has 1 aliphatic rings. The Bertz CT molecular complexity index is 814. The van der Waals surface area contributed by atoms with Crippen LogP contribution in [0.1, 0.15) is 22.8 Å². The summed E-state index contributed by atoms with van der Waals surface area (Å²) in [7, 11) is 0. The number of aromatic nitrogens is 1. The van der Waals surface area contributed by atoms with Crippen molar-refractivity contribution in [3.63, 3.8) is 0 Å². The minimum Gasteiger partial charge on any atom is -0.295 e. The number of pyridine rings is 1. The highest BCUT2D eigenvalue weighted by molar-refractivity contribution is 8.27. The lowest BCUT2D eigenvalue weighted by Gasteiger charge is -2.14. The van der Waals surface area contributed by atoms with E-state index in [2.05, 4.69) is 4.98 Å². The molecule has 1 saturated heterocycles. The summed E-state index contributed by atoms with van der Waals surface area (Å²) in [6, 6.07) is 10.5. The van der Waals surface area contributed by atoms with Crippen molar-refractivity contribution in [1.29, 1.82) is 0 Å². The van der Waals surface area contributed by atoms with Crippen molar-refractivity contribution in [2.45, 2.75) is 6.92 Å². The zero-order valence-corrected chi connectivity index (χ0v) is 13.9. The topological polar surface area (TPSA) is 50.3 Å². The summed E-state index contributed by atoms with van der Waals surface area (Å²) in [6.45, 7) is 1.51. The summed E-state index contributed by atoms with van der Waals surface area (Å²) in [5.41, 5.74) is 2.11. The number of nitrogens with zero attached hydrogens (tertiary/aromatic N) is 2. The summed E-state index contributed by atoms with van der Waals surface area (Å²) in [5, 5.41) is 0. The fourth-order valence-electron chi connectivity index (χ4n) is 2.15. The summed E-state index contributed by atoms with van der Waals surface area (Å²) < 4.78 is 0.473. The smallest absolute Gasteiger partial charge is 0.270 e. The van der Waals surface area contributed by atoms with Gasteiger partial charge in [-0.1, -0.05) is 30.0 Å². The molecule has 1 aromatic heterocycles. The molecule has 1 fully saturated rings. The van der Waals surface area contributed by atoms with Crippen LogP contribution in [0.25, 0.3) is 6.08 Å². The van der Waals surface area contributed by atoms with E-state index in [0.29, 0.717) is 20.5 Å². The summed E-state index contributed by atoms with van der Waals surface area (Å²) in [5.74, 6) is -0.183. The molecular formula is C17H12N2O2S2. The van der Waals surface area contributed by atoms with Crippen LogP contribution in [-0.4, -0.2) is 21.0 Å². The minimum atomic E-state index is -0.167. The monoisotopic (exact) mass is 340 g/mol. The van der Waals surface area contributed by atoms with Gasteiger partial charge in [0.15, 0.2) is 10.1 Å². The maximum absolute atomic E-state index is 12.6. The normalized spacial score (nSPS) is 16.2. The molecule has 4 nitrogen and oxygen atoms in total. The van der Waals surface area contributed by atoms with Gasteiger partial charge in [0, 0.05) is 18.0 Å². The maximum atomic E-state index is 12.6. The van der Waals surface area contributed by atoms with Crippen LogP contribution in [-0.2, 0) is 4.79 Å². The number of Topliss-reactive ketones (excluding diaryl/α,β-unsaturated/α-hetero) is 1. The Balaban J connectivity index is 1.90. The summed E-state index contributed by atoms with van der Waals surface area (Å²) in [4.78, 5) is 30.0. The van der Waals surface area contributed by atoms with Gasteiger partial charge < -0.3 is 0 Å². The van der Waals surface area contributed by atoms with Crippen LogP contribution in [0.2, 0.25) is 0 Å². The zero-order chi connectivity index (χ0) is 16.4. The third-order valence-corrected chi connectivity index (χ3v) is 4.61. The summed E-state index contributed by atoms with van der Waals surface area (Å²) in [6.07, 6.45) is 5.14. The van der Waals surface area contributed by atoms with Gasteiger partial charge in [-0.15, -0.1) is 0 Å². The van der Waals surface area contributed by atoms with Crippen LogP contribution in [0.15, 0.2) is 53.7 Å². The molecule has 1 aromatic carbocycles. The number of thiocarbonyl (C=S) groups is 1. The van der Waals surface area contributed by atoms with Gasteiger partial charge in [-0.25, -0.2) is 0 Å². The first kappa shape index (κ1) is 15.6. The first-order chi connectivity index (χ1) is 11.1. The number of ketones is 1. The molecule has 2 heterocycles. The van der Waals surface area contributed by atoms with Gasteiger partial charge in [-0.05, 0) is 48.9 Å². The molecule has 114 valence electrons. The average molecular weight is 340 g/mol. The van der Waals surface area contributed by atoms with Gasteiger partial charge in [0.05, 0.1) is 10.6 Å². The van der Waals surface area contributed by atoms with E-state index in [1.165, 1.54) is 23.6 Å². The van der Waals surface area contributed by atoms with E-state index in [1.54, 1.807) is 42.7 Å². The quantitative estimate of drug-likeness (QED) is 0.484. The Kier molecular flexibility index (Phi) is 4.36. The van der Waals surface area contributed by atoms with E-state index < -0.39 is 0 Å². The lowest BCUT2D eigenvalue weighted by Crippen LogP contribution is -2.27. The fourth-order valence-corrected chi connectivity index (χ4v) is 3.45. The number of carbonyl (C=O) groups is 2. The van der Waals surface area contributed by atoms with Crippen LogP contribution in [0, 0.1) is 0 Å². The van der Waals surface area contributed by atoms with E-state index in [9.17, 15) is 9.59 Å². The molecule has 0 atom stereocenters. The number of hydrogen-bond donors (Lipinski definition) is 0. The summed E-state index contributed by atoms with van der Waals surface area (Å²) >= 11 is 6.58. The first-order valence-electron chi connectivity index (χ1n) is 6.85. The van der Waals surface area contributed by atoms with Crippen LogP contribution >= 0.6 is 24.0 Å². The number of anilines is 1. The SMILES string of the molecule is CC(=O)c1ccc(N2C(=O)C(=Cc3cccnc3)SC2=S)cc1. The molecule has 1 aliphatic heterocycles. The Morgan fingerprint density at radius 3 is 2.61 bits per heavy atom. The highest BCUT2D eigenvalue weighted by atomic mass is 32.2. The maximum Gasteiger partial charge on any atom is 0.270 e. The van der Waals surface area contributed by atoms with Gasteiger partial charge in [0.2, 0.25) is 0 Å². The molecule has 0 radical (unpaired) electrons. The second-order valence-electron chi connectivity index (χ2n) is 4.91. The molecule has 0 aliphatic carbocycles. The van der Waals surface area contributed by atoms with Gasteiger partial charge >= 0.3 is 0 Å². The lowest BCUT2D eigenvalue weighted by molar-refractivity contribution is -0.113. The first-order valence-corrected chi connectivity index (χ1v) is 8.08. The Morgan fingerprint density at radius 1 is 1.26 bits per heavy atom. The van der Waals surface area contributed by atoms with Gasteiger partial charge in [0.25, 0.3) is 5.91 Å². The number of rotatable bonds is 3. The molecule has 0 unspecified atom stereocenters. The van der Waals surface area contributed by atoms with Crippen molar-refractivity contribution in [2.24, 2.45) is 0 Å². The van der Waals surface area contributed by atoms with Crippen LogP contribution < -0.4 is 4.90 Å². The van der Waals surface area contributed by atoms with Crippen molar-refractivity contribution >= 4 is 51.8 Å². The number of thioether (sulfide) groups is 1. The minimum absolute atomic E-state index is 0.0154. The molecular weight excluding hydrogens is 328 g/mol. The molecule has 3 rings (SSSR count). The molecule has 1 amide bonds. The molecule has 0 bridgehead atoms. The van der Waals surface area contributed by atoms with Crippen molar-refractivity contribution in [1.82, 2.24) is 4.98 Å². The van der Waals surface area contributed by atoms with Crippen LogP contribution in [0.5, 0.6) is 0 Å². The largest absolute Gasteiger partial charge is 0.295 e. The molecule has 0 N–H and O–H groups in total.